The van der Waals surface area contributed by atoms with E-state index < -0.39 is 6.17 Å². The Hall–Kier alpha value is -2.67. The van der Waals surface area contributed by atoms with Crippen molar-refractivity contribution in [1.82, 2.24) is 20.5 Å². The van der Waals surface area contributed by atoms with E-state index in [1.165, 1.54) is 6.08 Å². The standard InChI is InChI=1S/C22H29FN4O2/c1-5-27(6-2)10-9-24-22(29)20-13(3)19(25-14(20)4)12-17-16-11-15(23)7-8-18(16)26-21(17)28/h7-8,12,15,25H,5-6,9-11H2,1-4H3,(H,24,29)(H,26,28). The molecule has 0 radical (unpaired) electrons. The quantitative estimate of drug-likeness (QED) is 0.616. The predicted molar refractivity (Wildman–Crippen MR) is 112 cm³/mol. The number of allylic oxidation sites excluding steroid dienone is 2. The van der Waals surface area contributed by atoms with Gasteiger partial charge in [-0.05, 0) is 56.3 Å². The average Bonchev–Trinajstić information content (AvgIpc) is 3.14. The van der Waals surface area contributed by atoms with E-state index in [-0.39, 0.29) is 18.2 Å². The summed E-state index contributed by atoms with van der Waals surface area (Å²) < 4.78 is 13.8. The van der Waals surface area contributed by atoms with Crippen LogP contribution in [0.3, 0.4) is 0 Å². The van der Waals surface area contributed by atoms with Gasteiger partial charge in [-0.1, -0.05) is 13.8 Å². The lowest BCUT2D eigenvalue weighted by Gasteiger charge is -2.18. The van der Waals surface area contributed by atoms with Gasteiger partial charge in [0.2, 0.25) is 0 Å². The van der Waals surface area contributed by atoms with Gasteiger partial charge in [0.1, 0.15) is 6.17 Å². The molecular weight excluding hydrogens is 371 g/mol. The number of amides is 2. The third-order valence-corrected chi connectivity index (χ3v) is 5.61. The highest BCUT2D eigenvalue weighted by atomic mass is 19.1. The van der Waals surface area contributed by atoms with Crippen LogP contribution >= 0.6 is 0 Å². The van der Waals surface area contributed by atoms with Gasteiger partial charge in [-0.2, -0.15) is 0 Å². The monoisotopic (exact) mass is 400 g/mol. The van der Waals surface area contributed by atoms with Gasteiger partial charge in [0, 0.05) is 42.2 Å². The maximum atomic E-state index is 13.8. The molecule has 0 aromatic carbocycles. The number of H-pyrrole nitrogens is 1. The van der Waals surface area contributed by atoms with Crippen LogP contribution in [-0.4, -0.2) is 54.0 Å². The number of likely N-dealkylation sites (N-methyl/N-ethyl adjacent to an activating group) is 1. The Morgan fingerprint density at radius 2 is 2.07 bits per heavy atom. The highest BCUT2D eigenvalue weighted by molar-refractivity contribution is 6.07. The third-order valence-electron chi connectivity index (χ3n) is 5.61. The molecule has 156 valence electrons. The summed E-state index contributed by atoms with van der Waals surface area (Å²) in [4.78, 5) is 30.5. The van der Waals surface area contributed by atoms with Crippen molar-refractivity contribution in [2.75, 3.05) is 26.2 Å². The fourth-order valence-electron chi connectivity index (χ4n) is 3.88. The molecule has 0 bridgehead atoms. The molecule has 2 amide bonds. The van der Waals surface area contributed by atoms with Crippen LogP contribution in [0.25, 0.3) is 6.08 Å². The second kappa shape index (κ2) is 8.78. The molecule has 3 rings (SSSR count). The third kappa shape index (κ3) is 4.34. The SMILES string of the molecule is CCN(CC)CCNC(=O)c1c(C)[nH]c(C=C2C(=O)NC3=C2CC(F)C=C3)c1C. The summed E-state index contributed by atoms with van der Waals surface area (Å²) in [5.41, 5.74) is 4.60. The van der Waals surface area contributed by atoms with Crippen LogP contribution in [-0.2, 0) is 4.79 Å². The fourth-order valence-corrected chi connectivity index (χ4v) is 3.88. The molecule has 0 spiro atoms. The number of nitrogens with zero attached hydrogens (tertiary/aromatic N) is 1. The molecule has 1 aromatic heterocycles. The number of nitrogens with one attached hydrogen (secondary N) is 3. The van der Waals surface area contributed by atoms with Gasteiger partial charge in [0.25, 0.3) is 11.8 Å². The van der Waals surface area contributed by atoms with Gasteiger partial charge in [-0.25, -0.2) is 4.39 Å². The van der Waals surface area contributed by atoms with Crippen molar-refractivity contribution in [3.63, 3.8) is 0 Å². The molecule has 1 atom stereocenters. The van der Waals surface area contributed by atoms with Gasteiger partial charge >= 0.3 is 0 Å². The van der Waals surface area contributed by atoms with Crippen LogP contribution in [0.2, 0.25) is 0 Å². The molecule has 7 heteroatoms. The highest BCUT2D eigenvalue weighted by Gasteiger charge is 2.30. The van der Waals surface area contributed by atoms with Crippen molar-refractivity contribution in [3.8, 4) is 0 Å². The molecule has 1 aliphatic carbocycles. The first-order valence-electron chi connectivity index (χ1n) is 10.1. The Morgan fingerprint density at radius 1 is 1.34 bits per heavy atom. The minimum Gasteiger partial charge on any atom is -0.358 e. The number of hydrogen-bond donors (Lipinski definition) is 3. The molecule has 3 N–H and O–H groups in total. The average molecular weight is 400 g/mol. The van der Waals surface area contributed by atoms with Crippen LogP contribution in [0.15, 0.2) is 29.0 Å². The molecule has 2 heterocycles. The van der Waals surface area contributed by atoms with Crippen molar-refractivity contribution in [2.24, 2.45) is 0 Å². The van der Waals surface area contributed by atoms with Crippen LogP contribution < -0.4 is 10.6 Å². The van der Waals surface area contributed by atoms with E-state index in [0.29, 0.717) is 34.6 Å². The molecule has 6 nitrogen and oxygen atoms in total. The number of halogens is 1. The molecule has 0 saturated carbocycles. The van der Waals surface area contributed by atoms with E-state index >= 15 is 0 Å². The first kappa shape index (κ1) is 21.0. The lowest BCUT2D eigenvalue weighted by Crippen LogP contribution is -2.35. The molecule has 1 aliphatic heterocycles. The predicted octanol–water partition coefficient (Wildman–Crippen LogP) is 2.77. The Morgan fingerprint density at radius 3 is 2.76 bits per heavy atom. The number of hydrogen-bond acceptors (Lipinski definition) is 3. The summed E-state index contributed by atoms with van der Waals surface area (Å²) >= 11 is 0. The van der Waals surface area contributed by atoms with Gasteiger partial charge in [0.15, 0.2) is 0 Å². The van der Waals surface area contributed by atoms with Crippen molar-refractivity contribution >= 4 is 17.9 Å². The van der Waals surface area contributed by atoms with E-state index in [0.717, 1.165) is 30.9 Å². The summed E-state index contributed by atoms with van der Waals surface area (Å²) in [5, 5.41) is 5.76. The molecule has 1 unspecified atom stereocenters. The van der Waals surface area contributed by atoms with Gasteiger partial charge in [0.05, 0.1) is 5.56 Å². The number of alkyl halides is 1. The van der Waals surface area contributed by atoms with Gasteiger partial charge in [-0.3, -0.25) is 9.59 Å². The molecule has 2 aliphatic rings. The van der Waals surface area contributed by atoms with Crippen molar-refractivity contribution < 1.29 is 14.0 Å². The lowest BCUT2D eigenvalue weighted by atomic mass is 9.95. The summed E-state index contributed by atoms with van der Waals surface area (Å²) in [5.74, 6) is -0.376. The van der Waals surface area contributed by atoms with Gasteiger partial charge in [-0.15, -0.1) is 0 Å². The van der Waals surface area contributed by atoms with E-state index in [1.54, 1.807) is 12.2 Å². The molecular formula is C22H29FN4O2. The zero-order chi connectivity index (χ0) is 21.1. The van der Waals surface area contributed by atoms with Crippen molar-refractivity contribution in [1.29, 1.82) is 0 Å². The summed E-state index contributed by atoms with van der Waals surface area (Å²) in [6.07, 6.45) is 3.87. The molecule has 29 heavy (non-hydrogen) atoms. The summed E-state index contributed by atoms with van der Waals surface area (Å²) in [6.45, 7) is 11.2. The highest BCUT2D eigenvalue weighted by Crippen LogP contribution is 2.33. The largest absolute Gasteiger partial charge is 0.358 e. The molecule has 0 fully saturated rings. The second-order valence-electron chi connectivity index (χ2n) is 7.43. The number of carbonyl (C=O) groups is 2. The first-order chi connectivity index (χ1) is 13.8. The van der Waals surface area contributed by atoms with E-state index in [4.69, 9.17) is 0 Å². The van der Waals surface area contributed by atoms with Crippen LogP contribution in [0, 0.1) is 13.8 Å². The lowest BCUT2D eigenvalue weighted by molar-refractivity contribution is -0.115. The second-order valence-corrected chi connectivity index (χ2v) is 7.43. The number of aromatic amines is 1. The van der Waals surface area contributed by atoms with Crippen LogP contribution in [0.1, 0.15) is 47.6 Å². The smallest absolute Gasteiger partial charge is 0.256 e. The number of carbonyl (C=O) groups excluding carboxylic acids is 2. The number of aryl methyl sites for hydroxylation is 1. The normalized spacial score (nSPS) is 19.9. The number of aromatic nitrogens is 1. The van der Waals surface area contributed by atoms with E-state index in [1.807, 2.05) is 13.8 Å². The molecule has 1 aromatic rings. The Labute approximate surface area is 170 Å². The number of rotatable bonds is 7. The van der Waals surface area contributed by atoms with E-state index in [2.05, 4.69) is 34.4 Å². The molecule has 0 saturated heterocycles. The minimum absolute atomic E-state index is 0.131. The first-order valence-corrected chi connectivity index (χ1v) is 10.1. The Bertz CT molecular complexity index is 906. The topological polar surface area (TPSA) is 77.2 Å². The zero-order valence-electron chi connectivity index (χ0n) is 17.5. The summed E-state index contributed by atoms with van der Waals surface area (Å²) in [6, 6.07) is 0. The van der Waals surface area contributed by atoms with Gasteiger partial charge < -0.3 is 20.5 Å². The summed E-state index contributed by atoms with van der Waals surface area (Å²) in [7, 11) is 0. The fraction of sp³-hybridized carbons (Fsp3) is 0.455. The maximum absolute atomic E-state index is 13.8. The van der Waals surface area contributed by atoms with Crippen molar-refractivity contribution in [2.45, 2.75) is 40.3 Å². The minimum atomic E-state index is -1.09. The Kier molecular flexibility index (Phi) is 6.37. The maximum Gasteiger partial charge on any atom is 0.256 e. The van der Waals surface area contributed by atoms with Crippen LogP contribution in [0.4, 0.5) is 4.39 Å². The Balaban J connectivity index is 1.80. The van der Waals surface area contributed by atoms with Crippen molar-refractivity contribution in [3.05, 3.63) is 51.5 Å². The van der Waals surface area contributed by atoms with E-state index in [9.17, 15) is 14.0 Å². The zero-order valence-corrected chi connectivity index (χ0v) is 17.5. The van der Waals surface area contributed by atoms with Crippen LogP contribution in [0.5, 0.6) is 0 Å².